The van der Waals surface area contributed by atoms with Crippen LogP contribution in [0.3, 0.4) is 0 Å². The third-order valence-electron chi connectivity index (χ3n) is 8.38. The van der Waals surface area contributed by atoms with Crippen LogP contribution in [0, 0.1) is 11.2 Å². The van der Waals surface area contributed by atoms with Crippen molar-refractivity contribution in [2.45, 2.75) is 62.2 Å². The minimum atomic E-state index is -4.52. The van der Waals surface area contributed by atoms with Gasteiger partial charge in [-0.25, -0.2) is 4.39 Å². The summed E-state index contributed by atoms with van der Waals surface area (Å²) in [6.45, 7) is 5.89. The van der Waals surface area contributed by atoms with Crippen molar-refractivity contribution in [1.29, 1.82) is 0 Å². The number of carbonyl (C=O) groups excluding carboxylic acids is 1. The molecule has 6 nitrogen and oxygen atoms in total. The van der Waals surface area contributed by atoms with Gasteiger partial charge in [-0.3, -0.25) is 4.79 Å². The molecule has 1 aromatic heterocycles. The Kier molecular flexibility index (Phi) is 7.30. The lowest BCUT2D eigenvalue weighted by Crippen LogP contribution is -2.36. The lowest BCUT2D eigenvalue weighted by atomic mass is 9.96. The molecule has 0 radical (unpaired) electrons. The zero-order valence-corrected chi connectivity index (χ0v) is 22.0. The van der Waals surface area contributed by atoms with Crippen LogP contribution < -0.4 is 0 Å². The van der Waals surface area contributed by atoms with E-state index in [1.54, 1.807) is 18.7 Å². The van der Waals surface area contributed by atoms with Crippen LogP contribution in [0.1, 0.15) is 67.8 Å². The van der Waals surface area contributed by atoms with Gasteiger partial charge in [0.2, 0.25) is 5.91 Å². The van der Waals surface area contributed by atoms with Crippen molar-refractivity contribution in [3.05, 3.63) is 41.0 Å². The molecule has 5 rings (SSSR count). The number of benzene rings is 1. The van der Waals surface area contributed by atoms with E-state index in [-0.39, 0.29) is 17.2 Å². The number of hydrogen-bond donors (Lipinski definition) is 0. The number of likely N-dealkylation sites (tertiary alicyclic amines) is 2. The fraction of sp³-hybridized carbons (Fsp3) is 0.654. The van der Waals surface area contributed by atoms with Gasteiger partial charge in [0.1, 0.15) is 11.6 Å². The summed E-state index contributed by atoms with van der Waals surface area (Å²) < 4.78 is 55.2. The number of nitrogens with zero attached hydrogens (tertiary/aromatic N) is 5. The molecule has 3 fully saturated rings. The fourth-order valence-corrected chi connectivity index (χ4v) is 6.95. The first-order chi connectivity index (χ1) is 17.6. The van der Waals surface area contributed by atoms with Gasteiger partial charge in [-0.05, 0) is 74.2 Å². The number of hydrogen-bond acceptors (Lipinski definition) is 5. The van der Waals surface area contributed by atoms with Crippen LogP contribution in [0.5, 0.6) is 0 Å². The second-order valence-electron chi connectivity index (χ2n) is 10.8. The predicted octanol–water partition coefficient (Wildman–Crippen LogP) is 5.06. The lowest BCUT2D eigenvalue weighted by Gasteiger charge is -2.30. The summed E-state index contributed by atoms with van der Waals surface area (Å²) in [6.07, 6.45) is 0.0747. The molecule has 2 aromatic rings. The summed E-state index contributed by atoms with van der Waals surface area (Å²) >= 11 is 1.70. The van der Waals surface area contributed by atoms with Crippen LogP contribution >= 0.6 is 11.8 Å². The van der Waals surface area contributed by atoms with Gasteiger partial charge in [0.05, 0.1) is 5.56 Å². The number of carbonyl (C=O) groups is 1. The first-order valence-electron chi connectivity index (χ1n) is 12.9. The Hall–Kier alpha value is -2.14. The molecule has 2 aliphatic heterocycles. The van der Waals surface area contributed by atoms with Gasteiger partial charge in [-0.1, -0.05) is 17.8 Å². The van der Waals surface area contributed by atoms with Gasteiger partial charge in [0.25, 0.3) is 0 Å². The van der Waals surface area contributed by atoms with Crippen molar-refractivity contribution in [2.24, 2.45) is 12.5 Å². The topological polar surface area (TPSA) is 54.3 Å². The van der Waals surface area contributed by atoms with Crippen molar-refractivity contribution in [3.8, 4) is 0 Å². The normalized spacial score (nSPS) is 24.8. The summed E-state index contributed by atoms with van der Waals surface area (Å²) in [6, 6.07) is 2.97. The molecular formula is C26H33F4N5OS. The van der Waals surface area contributed by atoms with Crippen LogP contribution in [-0.4, -0.2) is 68.9 Å². The first-order valence-corrected chi connectivity index (χ1v) is 13.9. The standard InChI is InChI=1S/C26H33F4N5OS/c1-17(36)35-10-6-18(7-11-35)23-31-32-24(33(23)2)37-13-3-9-34-12-8-25(16-34)15-21(25)20-5-4-19(14-22(20)27)26(28,29)30/h4-5,14,18,21H,3,6-13,15-16H2,1-2H3/t21-,25?/m1/s1. The number of alkyl halides is 3. The van der Waals surface area contributed by atoms with Crippen LogP contribution in [0.4, 0.5) is 17.6 Å². The highest BCUT2D eigenvalue weighted by atomic mass is 32.2. The Morgan fingerprint density at radius 3 is 2.62 bits per heavy atom. The van der Waals surface area contributed by atoms with E-state index in [9.17, 15) is 22.4 Å². The Morgan fingerprint density at radius 2 is 1.95 bits per heavy atom. The van der Waals surface area contributed by atoms with Gasteiger partial charge in [0, 0.05) is 45.3 Å². The maximum absolute atomic E-state index is 14.5. The van der Waals surface area contributed by atoms with E-state index in [0.29, 0.717) is 17.5 Å². The van der Waals surface area contributed by atoms with Crippen LogP contribution in [0.15, 0.2) is 23.4 Å². The smallest absolute Gasteiger partial charge is 0.343 e. The number of aromatic nitrogens is 3. The van der Waals surface area contributed by atoms with Gasteiger partial charge in [-0.15, -0.1) is 10.2 Å². The maximum atomic E-state index is 14.5. The summed E-state index contributed by atoms with van der Waals surface area (Å²) in [5, 5.41) is 9.74. The van der Waals surface area contributed by atoms with Crippen LogP contribution in [0.2, 0.25) is 0 Å². The largest absolute Gasteiger partial charge is 0.416 e. The summed E-state index contributed by atoms with van der Waals surface area (Å²) in [5.74, 6) is 1.62. The summed E-state index contributed by atoms with van der Waals surface area (Å²) in [4.78, 5) is 15.8. The van der Waals surface area contributed by atoms with Gasteiger partial charge in [0.15, 0.2) is 5.16 Å². The minimum absolute atomic E-state index is 0.00416. The third-order valence-corrected chi connectivity index (χ3v) is 9.49. The van der Waals surface area contributed by atoms with Crippen LogP contribution in [-0.2, 0) is 18.0 Å². The molecule has 11 heteroatoms. The van der Waals surface area contributed by atoms with E-state index < -0.39 is 17.6 Å². The fourth-order valence-electron chi connectivity index (χ4n) is 6.11. The second kappa shape index (κ2) is 10.2. The minimum Gasteiger partial charge on any atom is -0.343 e. The zero-order chi connectivity index (χ0) is 26.4. The van der Waals surface area contributed by atoms with Crippen LogP contribution in [0.25, 0.3) is 0 Å². The Labute approximate surface area is 218 Å². The SMILES string of the molecule is CC(=O)N1CCC(c2nnc(SCCCN3CCC4(C[C@@H]4c4ccc(C(F)(F)F)cc4F)C3)n2C)CC1. The highest BCUT2D eigenvalue weighted by Gasteiger charge is 2.58. The molecular weight excluding hydrogens is 506 g/mol. The summed E-state index contributed by atoms with van der Waals surface area (Å²) in [5.41, 5.74) is -0.498. The first kappa shape index (κ1) is 26.5. The van der Waals surface area contributed by atoms with Crippen molar-refractivity contribution in [3.63, 3.8) is 0 Å². The molecule has 1 saturated carbocycles. The molecule has 0 bridgehead atoms. The molecule has 1 aliphatic carbocycles. The molecule has 1 aromatic carbocycles. The van der Waals surface area contributed by atoms with E-state index in [0.717, 1.165) is 87.6 Å². The number of amides is 1. The molecule has 1 spiro atoms. The molecule has 3 heterocycles. The molecule has 202 valence electrons. The Morgan fingerprint density at radius 1 is 1.19 bits per heavy atom. The lowest BCUT2D eigenvalue weighted by molar-refractivity contribution is -0.137. The highest BCUT2D eigenvalue weighted by molar-refractivity contribution is 7.99. The molecule has 1 amide bonds. The number of piperidine rings is 1. The van der Waals surface area contributed by atoms with Crippen molar-refractivity contribution >= 4 is 17.7 Å². The van der Waals surface area contributed by atoms with Crippen molar-refractivity contribution < 1.29 is 22.4 Å². The molecule has 2 saturated heterocycles. The zero-order valence-electron chi connectivity index (χ0n) is 21.2. The Bertz CT molecular complexity index is 1150. The average molecular weight is 540 g/mol. The Balaban J connectivity index is 1.07. The number of thioether (sulfide) groups is 1. The number of rotatable bonds is 7. The maximum Gasteiger partial charge on any atom is 0.416 e. The quantitative estimate of drug-likeness (QED) is 0.280. The van der Waals surface area contributed by atoms with Gasteiger partial charge >= 0.3 is 6.18 Å². The third kappa shape index (κ3) is 5.53. The van der Waals surface area contributed by atoms with Gasteiger partial charge in [-0.2, -0.15) is 13.2 Å². The van der Waals surface area contributed by atoms with Crippen molar-refractivity contribution in [2.75, 3.05) is 38.5 Å². The molecule has 2 atom stereocenters. The van der Waals surface area contributed by atoms with E-state index in [1.807, 2.05) is 11.9 Å². The highest BCUT2D eigenvalue weighted by Crippen LogP contribution is 2.64. The molecule has 37 heavy (non-hydrogen) atoms. The van der Waals surface area contributed by atoms with Crippen molar-refractivity contribution in [1.82, 2.24) is 24.6 Å². The predicted molar refractivity (Wildman–Crippen MR) is 133 cm³/mol. The number of halogens is 4. The van der Waals surface area contributed by atoms with Gasteiger partial charge < -0.3 is 14.4 Å². The molecule has 1 unspecified atom stereocenters. The van der Waals surface area contributed by atoms with E-state index in [2.05, 4.69) is 19.7 Å². The molecule has 3 aliphatic rings. The second-order valence-corrected chi connectivity index (χ2v) is 11.8. The molecule has 0 N–H and O–H groups in total. The van der Waals surface area contributed by atoms with E-state index >= 15 is 0 Å². The van der Waals surface area contributed by atoms with E-state index in [1.165, 1.54) is 6.07 Å². The average Bonchev–Trinajstić information content (AvgIpc) is 3.18. The summed E-state index contributed by atoms with van der Waals surface area (Å²) in [7, 11) is 2.01. The monoisotopic (exact) mass is 539 g/mol. The van der Waals surface area contributed by atoms with E-state index in [4.69, 9.17) is 0 Å².